The predicted octanol–water partition coefficient (Wildman–Crippen LogP) is 2.37. The lowest BCUT2D eigenvalue weighted by atomic mass is 10.1. The number of aromatic hydroxyl groups is 1. The predicted molar refractivity (Wildman–Crippen MR) is 101 cm³/mol. The zero-order valence-corrected chi connectivity index (χ0v) is 17.1. The van der Waals surface area contributed by atoms with E-state index in [1.807, 2.05) is 0 Å². The Bertz CT molecular complexity index is 920. The highest BCUT2D eigenvalue weighted by Crippen LogP contribution is 2.29. The van der Waals surface area contributed by atoms with Crippen LogP contribution in [0.4, 0.5) is 0 Å². The van der Waals surface area contributed by atoms with Crippen LogP contribution in [0.2, 0.25) is 0 Å². The number of halogens is 1. The molecule has 1 fully saturated rings. The Morgan fingerprint density at radius 3 is 2.42 bits per heavy atom. The third-order valence-corrected chi connectivity index (χ3v) is 8.09. The Kier molecular flexibility index (Phi) is 5.56. The van der Waals surface area contributed by atoms with Gasteiger partial charge >= 0.3 is 0 Å². The van der Waals surface area contributed by atoms with Gasteiger partial charge in [0.05, 0.1) is 16.5 Å². The van der Waals surface area contributed by atoms with Crippen LogP contribution in [0.25, 0.3) is 0 Å². The van der Waals surface area contributed by atoms with Crippen LogP contribution in [0, 0.1) is 0 Å². The number of nitrogens with zero attached hydrogens (tertiary/aromatic N) is 2. The van der Waals surface area contributed by atoms with Gasteiger partial charge in [-0.2, -0.15) is 4.31 Å². The number of methoxy groups -OCH3 is 1. The molecule has 7 nitrogen and oxygen atoms in total. The molecule has 1 aromatic carbocycles. The summed E-state index contributed by atoms with van der Waals surface area (Å²) in [7, 11) is -2.08. The molecule has 0 radical (unpaired) electrons. The molecule has 0 atom stereocenters. The summed E-state index contributed by atoms with van der Waals surface area (Å²) in [6.45, 7) is 0.938. The second-order valence-corrected chi connectivity index (χ2v) is 10.3. The molecule has 0 bridgehead atoms. The first-order chi connectivity index (χ1) is 12.3. The highest BCUT2D eigenvalue weighted by atomic mass is 79.9. The third-order valence-electron chi connectivity index (χ3n) is 4.10. The molecule has 1 saturated heterocycles. The van der Waals surface area contributed by atoms with Crippen LogP contribution in [-0.2, 0) is 10.0 Å². The van der Waals surface area contributed by atoms with Crippen LogP contribution in [0.5, 0.6) is 11.5 Å². The number of thiophene rings is 1. The van der Waals surface area contributed by atoms with Crippen molar-refractivity contribution in [1.82, 2.24) is 9.21 Å². The summed E-state index contributed by atoms with van der Waals surface area (Å²) >= 11 is 4.43. The summed E-state index contributed by atoms with van der Waals surface area (Å²) in [5.74, 6) is -0.0361. The first-order valence-electron chi connectivity index (χ1n) is 7.74. The van der Waals surface area contributed by atoms with E-state index in [0.29, 0.717) is 5.75 Å². The van der Waals surface area contributed by atoms with Crippen LogP contribution in [-0.4, -0.2) is 61.9 Å². The molecule has 140 valence electrons. The summed E-state index contributed by atoms with van der Waals surface area (Å²) in [5.41, 5.74) is 0.171. The largest absolute Gasteiger partial charge is 0.507 e. The Morgan fingerprint density at radius 1 is 1.19 bits per heavy atom. The zero-order chi connectivity index (χ0) is 18.9. The molecule has 2 aromatic rings. The molecule has 1 aliphatic rings. The number of sulfonamides is 1. The van der Waals surface area contributed by atoms with E-state index in [1.165, 1.54) is 28.4 Å². The number of hydrogen-bond donors (Lipinski definition) is 1. The minimum atomic E-state index is -3.55. The van der Waals surface area contributed by atoms with Crippen molar-refractivity contribution in [2.75, 3.05) is 33.3 Å². The van der Waals surface area contributed by atoms with Crippen molar-refractivity contribution in [1.29, 1.82) is 0 Å². The van der Waals surface area contributed by atoms with E-state index in [9.17, 15) is 18.3 Å². The van der Waals surface area contributed by atoms with Crippen LogP contribution >= 0.6 is 27.3 Å². The van der Waals surface area contributed by atoms with Gasteiger partial charge in [0.2, 0.25) is 0 Å². The van der Waals surface area contributed by atoms with Crippen molar-refractivity contribution in [2.24, 2.45) is 0 Å². The lowest BCUT2D eigenvalue weighted by molar-refractivity contribution is 0.0695. The average Bonchev–Trinajstić information content (AvgIpc) is 3.08. The molecule has 26 heavy (non-hydrogen) atoms. The zero-order valence-electron chi connectivity index (χ0n) is 13.9. The van der Waals surface area contributed by atoms with Gasteiger partial charge in [0.15, 0.2) is 0 Å². The van der Waals surface area contributed by atoms with Gasteiger partial charge < -0.3 is 14.7 Å². The smallest absolute Gasteiger partial charge is 0.257 e. The normalized spacial score (nSPS) is 15.8. The van der Waals surface area contributed by atoms with Crippen LogP contribution in [0.15, 0.2) is 38.3 Å². The van der Waals surface area contributed by atoms with Gasteiger partial charge in [-0.25, -0.2) is 8.42 Å². The molecule has 1 amide bonds. The van der Waals surface area contributed by atoms with Crippen molar-refractivity contribution in [2.45, 2.75) is 4.21 Å². The van der Waals surface area contributed by atoms with Crippen LogP contribution in [0.3, 0.4) is 0 Å². The van der Waals surface area contributed by atoms with Gasteiger partial charge in [-0.15, -0.1) is 11.3 Å². The summed E-state index contributed by atoms with van der Waals surface area (Å²) in [5, 5.41) is 10.0. The number of piperazine rings is 1. The fourth-order valence-electron chi connectivity index (χ4n) is 2.68. The molecule has 1 aliphatic heterocycles. The molecule has 2 heterocycles. The number of ether oxygens (including phenoxy) is 1. The first-order valence-corrected chi connectivity index (χ1v) is 10.8. The topological polar surface area (TPSA) is 87.2 Å². The number of carbonyl (C=O) groups excluding carboxylic acids is 1. The lowest BCUT2D eigenvalue weighted by Crippen LogP contribution is -2.50. The second-order valence-electron chi connectivity index (χ2n) is 5.64. The lowest BCUT2D eigenvalue weighted by Gasteiger charge is -2.33. The SMILES string of the molecule is COc1ccc(C(=O)N2CCN(S(=O)(=O)c3ccc(Br)s3)CC2)c(O)c1. The Morgan fingerprint density at radius 2 is 1.88 bits per heavy atom. The average molecular weight is 461 g/mol. The van der Waals surface area contributed by atoms with Crippen LogP contribution in [0.1, 0.15) is 10.4 Å². The number of benzene rings is 1. The maximum atomic E-state index is 12.6. The van der Waals surface area contributed by atoms with Crippen molar-refractivity contribution >= 4 is 43.2 Å². The fourth-order valence-corrected chi connectivity index (χ4v) is 6.27. The molecule has 0 spiro atoms. The highest BCUT2D eigenvalue weighted by molar-refractivity contribution is 9.11. The molecule has 0 aliphatic carbocycles. The molecule has 1 N–H and O–H groups in total. The highest BCUT2D eigenvalue weighted by Gasteiger charge is 2.32. The maximum Gasteiger partial charge on any atom is 0.257 e. The van der Waals surface area contributed by atoms with E-state index in [4.69, 9.17) is 4.74 Å². The number of hydrogen-bond acceptors (Lipinski definition) is 6. The van der Waals surface area contributed by atoms with E-state index in [1.54, 1.807) is 18.2 Å². The number of amides is 1. The van der Waals surface area contributed by atoms with Gasteiger partial charge in [0, 0.05) is 32.2 Å². The van der Waals surface area contributed by atoms with Crippen molar-refractivity contribution in [3.63, 3.8) is 0 Å². The van der Waals surface area contributed by atoms with Gasteiger partial charge in [-0.1, -0.05) is 0 Å². The Balaban J connectivity index is 1.69. The maximum absolute atomic E-state index is 12.6. The molecule has 1 aromatic heterocycles. The molecule has 0 saturated carbocycles. The van der Waals surface area contributed by atoms with E-state index < -0.39 is 10.0 Å². The minimum Gasteiger partial charge on any atom is -0.507 e. The third kappa shape index (κ3) is 3.73. The van der Waals surface area contributed by atoms with E-state index in [2.05, 4.69) is 15.9 Å². The molecule has 0 unspecified atom stereocenters. The van der Waals surface area contributed by atoms with Gasteiger partial charge in [-0.05, 0) is 40.2 Å². The number of phenolic OH excluding ortho intramolecular Hbond substituents is 1. The van der Waals surface area contributed by atoms with Crippen molar-refractivity contribution in [3.05, 3.63) is 39.7 Å². The summed E-state index contributed by atoms with van der Waals surface area (Å²) < 4.78 is 32.7. The number of phenols is 1. The standard InChI is InChI=1S/C16H17BrN2O5S2/c1-24-11-2-3-12(13(20)10-11)16(21)18-6-8-19(9-7-18)26(22,23)15-5-4-14(17)25-15/h2-5,10,20H,6-9H2,1H3. The number of carbonyl (C=O) groups is 1. The summed E-state index contributed by atoms with van der Waals surface area (Å²) in [6, 6.07) is 7.74. The molecular formula is C16H17BrN2O5S2. The summed E-state index contributed by atoms with van der Waals surface area (Å²) in [4.78, 5) is 14.1. The van der Waals surface area contributed by atoms with Crippen molar-refractivity contribution < 1.29 is 23.1 Å². The number of rotatable bonds is 4. The van der Waals surface area contributed by atoms with Crippen molar-refractivity contribution in [3.8, 4) is 11.5 Å². The molecule has 3 rings (SSSR count). The molecular weight excluding hydrogens is 444 g/mol. The monoisotopic (exact) mass is 460 g/mol. The quantitative estimate of drug-likeness (QED) is 0.756. The van der Waals surface area contributed by atoms with E-state index >= 15 is 0 Å². The van der Waals surface area contributed by atoms with E-state index in [-0.39, 0.29) is 47.6 Å². The first kappa shape index (κ1) is 19.2. The second kappa shape index (κ2) is 7.55. The Hall–Kier alpha value is -1.62. The molecule has 10 heteroatoms. The van der Waals surface area contributed by atoms with Crippen LogP contribution < -0.4 is 4.74 Å². The minimum absolute atomic E-state index is 0.159. The van der Waals surface area contributed by atoms with Gasteiger partial charge in [-0.3, -0.25) is 4.79 Å². The van der Waals surface area contributed by atoms with E-state index in [0.717, 1.165) is 15.1 Å². The summed E-state index contributed by atoms with van der Waals surface area (Å²) in [6.07, 6.45) is 0. The Labute approximate surface area is 164 Å². The van der Waals surface area contributed by atoms with Gasteiger partial charge in [0.25, 0.3) is 15.9 Å². The van der Waals surface area contributed by atoms with Gasteiger partial charge in [0.1, 0.15) is 15.7 Å². The fraction of sp³-hybridized carbons (Fsp3) is 0.312.